The Morgan fingerprint density at radius 3 is 1.02 bits per heavy atom. The molecule has 0 bridgehead atoms. The standard InChI is InChI=1S/C50H34N4S/c1-31-29-39(21-23-41(31)45-27-19-37-15-13-35-17-25-43(33-9-5-3-6-10-33)51-47(35)49(37)53-45)55-40-22-24-42(32(2)30-40)46-28-20-38-16-14-36-18-26-44(34-11-7-4-8-12-34)52-48(36)50(38)54-46/h3-30H,1-2H3. The van der Waals surface area contributed by atoms with Crippen LogP contribution in [0.1, 0.15) is 11.1 Å². The molecule has 0 atom stereocenters. The topological polar surface area (TPSA) is 51.6 Å². The van der Waals surface area contributed by atoms with Gasteiger partial charge in [-0.05, 0) is 73.5 Å². The van der Waals surface area contributed by atoms with Gasteiger partial charge in [0.2, 0.25) is 0 Å². The van der Waals surface area contributed by atoms with E-state index in [0.717, 1.165) is 88.6 Å². The van der Waals surface area contributed by atoms with Gasteiger partial charge in [0.05, 0.1) is 44.8 Å². The summed E-state index contributed by atoms with van der Waals surface area (Å²) in [6, 6.07) is 59.5. The van der Waals surface area contributed by atoms with Crippen molar-refractivity contribution in [3.05, 3.63) is 181 Å². The van der Waals surface area contributed by atoms with Crippen LogP contribution in [0.2, 0.25) is 0 Å². The number of nitrogens with zero attached hydrogens (tertiary/aromatic N) is 4. The number of hydrogen-bond donors (Lipinski definition) is 0. The van der Waals surface area contributed by atoms with Gasteiger partial charge in [-0.1, -0.05) is 133 Å². The van der Waals surface area contributed by atoms with Gasteiger partial charge in [0, 0.05) is 53.6 Å². The van der Waals surface area contributed by atoms with E-state index in [1.165, 1.54) is 20.9 Å². The van der Waals surface area contributed by atoms with Gasteiger partial charge in [-0.25, -0.2) is 19.9 Å². The molecule has 0 aliphatic carbocycles. The first-order chi connectivity index (χ1) is 27.0. The highest BCUT2D eigenvalue weighted by molar-refractivity contribution is 7.99. The fourth-order valence-corrected chi connectivity index (χ4v) is 8.50. The van der Waals surface area contributed by atoms with E-state index < -0.39 is 0 Å². The summed E-state index contributed by atoms with van der Waals surface area (Å²) in [6.07, 6.45) is 0. The minimum atomic E-state index is 0.920. The second-order valence-electron chi connectivity index (χ2n) is 14.0. The van der Waals surface area contributed by atoms with Gasteiger partial charge in [-0.3, -0.25) is 0 Å². The molecule has 260 valence electrons. The van der Waals surface area contributed by atoms with Crippen molar-refractivity contribution in [2.45, 2.75) is 23.6 Å². The van der Waals surface area contributed by atoms with Gasteiger partial charge in [-0.15, -0.1) is 0 Å². The predicted octanol–water partition coefficient (Wildman–Crippen LogP) is 13.3. The Hall–Kier alpha value is -6.69. The zero-order chi connectivity index (χ0) is 36.9. The molecule has 0 aliphatic rings. The van der Waals surface area contributed by atoms with Crippen LogP contribution in [-0.4, -0.2) is 19.9 Å². The molecule has 0 N–H and O–H groups in total. The second kappa shape index (κ2) is 13.6. The third-order valence-electron chi connectivity index (χ3n) is 10.4. The minimum absolute atomic E-state index is 0.920. The second-order valence-corrected chi connectivity index (χ2v) is 15.1. The van der Waals surface area contributed by atoms with Crippen molar-refractivity contribution in [2.75, 3.05) is 0 Å². The lowest BCUT2D eigenvalue weighted by atomic mass is 10.0. The zero-order valence-electron chi connectivity index (χ0n) is 30.4. The van der Waals surface area contributed by atoms with Crippen molar-refractivity contribution < 1.29 is 0 Å². The number of fused-ring (bicyclic) bond motifs is 6. The predicted molar refractivity (Wildman–Crippen MR) is 229 cm³/mol. The Morgan fingerprint density at radius 2 is 0.655 bits per heavy atom. The molecule has 0 spiro atoms. The smallest absolute Gasteiger partial charge is 0.0972 e. The van der Waals surface area contributed by atoms with Gasteiger partial charge in [0.15, 0.2) is 0 Å². The molecule has 6 aromatic carbocycles. The lowest BCUT2D eigenvalue weighted by molar-refractivity contribution is 1.29. The molecule has 10 aromatic rings. The quantitative estimate of drug-likeness (QED) is 0.160. The highest BCUT2D eigenvalue weighted by atomic mass is 32.2. The molecule has 55 heavy (non-hydrogen) atoms. The number of aromatic nitrogens is 4. The molecular formula is C50H34N4S. The number of hydrogen-bond acceptors (Lipinski definition) is 5. The van der Waals surface area contributed by atoms with E-state index >= 15 is 0 Å². The highest BCUT2D eigenvalue weighted by Crippen LogP contribution is 2.36. The summed E-state index contributed by atoms with van der Waals surface area (Å²) in [5.41, 5.74) is 14.3. The monoisotopic (exact) mass is 722 g/mol. The molecule has 10 rings (SSSR count). The molecule has 0 radical (unpaired) electrons. The number of pyridine rings is 4. The largest absolute Gasteiger partial charge is 0.245 e. The van der Waals surface area contributed by atoms with Crippen LogP contribution in [0, 0.1) is 13.8 Å². The minimum Gasteiger partial charge on any atom is -0.245 e. The average Bonchev–Trinajstić information content (AvgIpc) is 3.23. The van der Waals surface area contributed by atoms with Gasteiger partial charge >= 0.3 is 0 Å². The van der Waals surface area contributed by atoms with Crippen LogP contribution in [0.3, 0.4) is 0 Å². The van der Waals surface area contributed by atoms with Crippen molar-refractivity contribution >= 4 is 55.4 Å². The molecule has 5 heteroatoms. The van der Waals surface area contributed by atoms with Crippen LogP contribution in [0.4, 0.5) is 0 Å². The zero-order valence-corrected chi connectivity index (χ0v) is 31.2. The average molecular weight is 723 g/mol. The third kappa shape index (κ3) is 6.19. The fourth-order valence-electron chi connectivity index (χ4n) is 7.48. The molecular weight excluding hydrogens is 689 g/mol. The maximum Gasteiger partial charge on any atom is 0.0972 e. The van der Waals surface area contributed by atoms with Gasteiger partial charge in [0.25, 0.3) is 0 Å². The first-order valence-corrected chi connectivity index (χ1v) is 19.3. The first-order valence-electron chi connectivity index (χ1n) is 18.5. The first kappa shape index (κ1) is 32.9. The maximum atomic E-state index is 5.21. The number of aryl methyl sites for hydroxylation is 2. The normalized spacial score (nSPS) is 11.5. The lowest BCUT2D eigenvalue weighted by Gasteiger charge is -2.12. The van der Waals surface area contributed by atoms with E-state index in [2.05, 4.69) is 147 Å². The van der Waals surface area contributed by atoms with Crippen LogP contribution >= 0.6 is 11.8 Å². The molecule has 0 saturated heterocycles. The summed E-state index contributed by atoms with van der Waals surface area (Å²) >= 11 is 1.77. The number of rotatable bonds is 6. The molecule has 0 saturated carbocycles. The summed E-state index contributed by atoms with van der Waals surface area (Å²) in [5, 5.41) is 4.33. The van der Waals surface area contributed by atoms with Crippen molar-refractivity contribution in [2.24, 2.45) is 0 Å². The van der Waals surface area contributed by atoms with Crippen LogP contribution in [0.15, 0.2) is 180 Å². The van der Waals surface area contributed by atoms with E-state index in [9.17, 15) is 0 Å². The van der Waals surface area contributed by atoms with E-state index in [-0.39, 0.29) is 0 Å². The molecule has 0 fully saturated rings. The van der Waals surface area contributed by atoms with Crippen LogP contribution in [0.5, 0.6) is 0 Å². The van der Waals surface area contributed by atoms with Crippen LogP contribution in [0.25, 0.3) is 88.6 Å². The summed E-state index contributed by atoms with van der Waals surface area (Å²) in [5.74, 6) is 0. The highest BCUT2D eigenvalue weighted by Gasteiger charge is 2.13. The van der Waals surface area contributed by atoms with Crippen LogP contribution in [-0.2, 0) is 0 Å². The summed E-state index contributed by atoms with van der Waals surface area (Å²) in [7, 11) is 0. The Morgan fingerprint density at radius 1 is 0.327 bits per heavy atom. The van der Waals surface area contributed by atoms with E-state index in [4.69, 9.17) is 19.9 Å². The third-order valence-corrected chi connectivity index (χ3v) is 11.3. The summed E-state index contributed by atoms with van der Waals surface area (Å²) < 4.78 is 0. The summed E-state index contributed by atoms with van der Waals surface area (Å²) in [4.78, 5) is 23.0. The van der Waals surface area contributed by atoms with Crippen molar-refractivity contribution in [1.82, 2.24) is 19.9 Å². The molecule has 0 amide bonds. The molecule has 0 unspecified atom stereocenters. The van der Waals surface area contributed by atoms with Crippen molar-refractivity contribution in [3.8, 4) is 45.0 Å². The van der Waals surface area contributed by atoms with Gasteiger partial charge < -0.3 is 0 Å². The molecule has 4 aromatic heterocycles. The molecule has 4 heterocycles. The van der Waals surface area contributed by atoms with Crippen molar-refractivity contribution in [3.63, 3.8) is 0 Å². The summed E-state index contributed by atoms with van der Waals surface area (Å²) in [6.45, 7) is 4.34. The molecule has 0 aliphatic heterocycles. The Bertz CT molecular complexity index is 2880. The Balaban J connectivity index is 0.936. The van der Waals surface area contributed by atoms with Crippen LogP contribution < -0.4 is 0 Å². The molecule has 4 nitrogen and oxygen atoms in total. The van der Waals surface area contributed by atoms with Gasteiger partial charge in [0.1, 0.15) is 0 Å². The Labute approximate surface area is 323 Å². The van der Waals surface area contributed by atoms with Gasteiger partial charge in [-0.2, -0.15) is 0 Å². The lowest BCUT2D eigenvalue weighted by Crippen LogP contribution is -1.93. The van der Waals surface area contributed by atoms with E-state index in [0.29, 0.717) is 0 Å². The van der Waals surface area contributed by atoms with E-state index in [1.807, 2.05) is 36.4 Å². The van der Waals surface area contributed by atoms with E-state index in [1.54, 1.807) is 11.8 Å². The maximum absolute atomic E-state index is 5.21. The Kier molecular flexibility index (Phi) is 8.15. The number of benzene rings is 6. The van der Waals surface area contributed by atoms with Crippen molar-refractivity contribution in [1.29, 1.82) is 0 Å². The fraction of sp³-hybridized carbons (Fsp3) is 0.0400. The SMILES string of the molecule is Cc1cc(Sc2ccc(-c3ccc4ccc5ccc(-c6ccccc6)nc5c4n3)c(C)c2)ccc1-c1ccc2ccc3ccc(-c4ccccc4)nc3c2n1.